The predicted molar refractivity (Wildman–Crippen MR) is 113 cm³/mol. The lowest BCUT2D eigenvalue weighted by atomic mass is 10.2. The normalized spacial score (nSPS) is 15.9. The van der Waals surface area contributed by atoms with Crippen molar-refractivity contribution in [3.63, 3.8) is 0 Å². The van der Waals surface area contributed by atoms with Crippen LogP contribution in [0.3, 0.4) is 0 Å². The van der Waals surface area contributed by atoms with Crippen LogP contribution in [0, 0.1) is 0 Å². The molecule has 1 aromatic heterocycles. The summed E-state index contributed by atoms with van der Waals surface area (Å²) in [4.78, 5) is 16.6. The maximum Gasteiger partial charge on any atom is 0.251 e. The third-order valence-corrected chi connectivity index (χ3v) is 5.70. The molecule has 1 saturated heterocycles. The van der Waals surface area contributed by atoms with Crippen molar-refractivity contribution >= 4 is 40.7 Å². The van der Waals surface area contributed by atoms with Crippen LogP contribution in [0.2, 0.25) is 0 Å². The molecule has 28 heavy (non-hydrogen) atoms. The Morgan fingerprint density at radius 2 is 2.00 bits per heavy atom. The first-order valence-corrected chi connectivity index (χ1v) is 10.0. The third kappa shape index (κ3) is 6.72. The Morgan fingerprint density at radius 1 is 1.18 bits per heavy atom. The number of hydrogen-bond donors (Lipinski definition) is 3. The van der Waals surface area contributed by atoms with Gasteiger partial charge in [0.2, 0.25) is 10.0 Å². The third-order valence-electron chi connectivity index (χ3n) is 4.18. The highest BCUT2D eigenvalue weighted by atomic mass is 35.5. The van der Waals surface area contributed by atoms with E-state index in [9.17, 15) is 13.2 Å². The summed E-state index contributed by atoms with van der Waals surface area (Å²) in [6.45, 7) is 1.84. The molecule has 1 amide bonds. The summed E-state index contributed by atoms with van der Waals surface area (Å²) >= 11 is 0. The molecule has 1 fully saturated rings. The van der Waals surface area contributed by atoms with E-state index in [0.717, 1.165) is 18.7 Å². The first-order chi connectivity index (χ1) is 12.5. The lowest BCUT2D eigenvalue weighted by Gasteiger charge is -2.13. The van der Waals surface area contributed by atoms with Gasteiger partial charge < -0.3 is 10.6 Å². The van der Waals surface area contributed by atoms with Crippen LogP contribution in [-0.2, 0) is 16.4 Å². The molecule has 2 heterocycles. The van der Waals surface area contributed by atoms with Gasteiger partial charge in [0.15, 0.2) is 0 Å². The van der Waals surface area contributed by atoms with Crippen molar-refractivity contribution in [3.8, 4) is 0 Å². The zero-order valence-electron chi connectivity index (χ0n) is 15.1. The summed E-state index contributed by atoms with van der Waals surface area (Å²) in [5.74, 6) is -0.305. The first-order valence-electron chi connectivity index (χ1n) is 8.56. The Balaban J connectivity index is 0.00000196. The Bertz CT molecular complexity index is 860. The van der Waals surface area contributed by atoms with Crippen LogP contribution in [0.15, 0.2) is 53.6 Å². The summed E-state index contributed by atoms with van der Waals surface area (Å²) in [5.41, 5.74) is 1.21. The van der Waals surface area contributed by atoms with Crippen LogP contribution in [0.25, 0.3) is 0 Å². The second-order valence-electron chi connectivity index (χ2n) is 6.17. The second kappa shape index (κ2) is 11.3. The SMILES string of the molecule is Cl.Cl.O=C(NCCc1ccccn1)c1cccc(S(=O)(=O)N[C@@H]2CCNC2)c1. The van der Waals surface area contributed by atoms with Crippen LogP contribution in [-0.4, -0.2) is 45.0 Å². The number of rotatable bonds is 7. The van der Waals surface area contributed by atoms with Crippen molar-refractivity contribution in [1.29, 1.82) is 0 Å². The summed E-state index contributed by atoms with van der Waals surface area (Å²) in [5, 5.41) is 5.91. The number of sulfonamides is 1. The fraction of sp³-hybridized carbons (Fsp3) is 0.333. The van der Waals surface area contributed by atoms with Gasteiger partial charge in [0.25, 0.3) is 5.91 Å². The summed E-state index contributed by atoms with van der Waals surface area (Å²) in [6, 6.07) is 11.6. The number of halogens is 2. The molecule has 0 radical (unpaired) electrons. The van der Waals surface area contributed by atoms with Crippen LogP contribution in [0.1, 0.15) is 22.5 Å². The van der Waals surface area contributed by atoms with E-state index in [1.54, 1.807) is 18.3 Å². The molecule has 0 spiro atoms. The molecular formula is C18H24Cl2N4O3S. The van der Waals surface area contributed by atoms with E-state index in [2.05, 4.69) is 20.3 Å². The maximum absolute atomic E-state index is 12.5. The van der Waals surface area contributed by atoms with E-state index in [1.165, 1.54) is 12.1 Å². The molecule has 1 aliphatic heterocycles. The number of nitrogens with one attached hydrogen (secondary N) is 3. The number of nitrogens with zero attached hydrogens (tertiary/aromatic N) is 1. The number of carbonyl (C=O) groups is 1. The first kappa shape index (κ1) is 24.3. The lowest BCUT2D eigenvalue weighted by Crippen LogP contribution is -2.36. The van der Waals surface area contributed by atoms with Crippen molar-refractivity contribution in [2.24, 2.45) is 0 Å². The van der Waals surface area contributed by atoms with Gasteiger partial charge in [0, 0.05) is 43.0 Å². The fourth-order valence-corrected chi connectivity index (χ4v) is 4.12. The number of aromatic nitrogens is 1. The molecule has 2 aromatic rings. The highest BCUT2D eigenvalue weighted by molar-refractivity contribution is 7.89. The monoisotopic (exact) mass is 446 g/mol. The quantitative estimate of drug-likeness (QED) is 0.598. The molecule has 1 aliphatic rings. The lowest BCUT2D eigenvalue weighted by molar-refractivity contribution is 0.0954. The largest absolute Gasteiger partial charge is 0.352 e. The molecule has 3 rings (SSSR count). The Hall–Kier alpha value is -1.71. The molecule has 154 valence electrons. The van der Waals surface area contributed by atoms with Gasteiger partial charge in [0.05, 0.1) is 4.90 Å². The number of hydrogen-bond acceptors (Lipinski definition) is 5. The highest BCUT2D eigenvalue weighted by Gasteiger charge is 2.23. The van der Waals surface area contributed by atoms with E-state index < -0.39 is 10.0 Å². The van der Waals surface area contributed by atoms with Gasteiger partial charge in [-0.1, -0.05) is 12.1 Å². The van der Waals surface area contributed by atoms with Gasteiger partial charge in [-0.05, 0) is 43.3 Å². The standard InChI is InChI=1S/C18H22N4O3S.2ClH/c23-18(21-11-8-15-5-1-2-9-20-15)14-4-3-6-17(12-14)26(24,25)22-16-7-10-19-13-16;;/h1-6,9,12,16,19,22H,7-8,10-11,13H2,(H,21,23);2*1H/t16-;;/m1../s1. The zero-order chi connectivity index (χ0) is 18.4. The Morgan fingerprint density at radius 3 is 2.68 bits per heavy atom. The molecule has 7 nitrogen and oxygen atoms in total. The average Bonchev–Trinajstić information content (AvgIpc) is 3.15. The molecule has 0 bridgehead atoms. The minimum atomic E-state index is -3.64. The van der Waals surface area contributed by atoms with E-state index in [4.69, 9.17) is 0 Å². The minimum Gasteiger partial charge on any atom is -0.352 e. The topological polar surface area (TPSA) is 100 Å². The zero-order valence-corrected chi connectivity index (χ0v) is 17.6. The molecule has 0 aliphatic carbocycles. The van der Waals surface area contributed by atoms with E-state index >= 15 is 0 Å². The van der Waals surface area contributed by atoms with Crippen LogP contribution in [0.4, 0.5) is 0 Å². The van der Waals surface area contributed by atoms with Crippen molar-refractivity contribution in [3.05, 3.63) is 59.9 Å². The van der Waals surface area contributed by atoms with E-state index in [0.29, 0.717) is 25.1 Å². The summed E-state index contributed by atoms with van der Waals surface area (Å²) in [7, 11) is -3.64. The number of pyridine rings is 1. The fourth-order valence-electron chi connectivity index (χ4n) is 2.80. The summed E-state index contributed by atoms with van der Waals surface area (Å²) < 4.78 is 27.6. The van der Waals surface area contributed by atoms with Gasteiger partial charge in [0.1, 0.15) is 0 Å². The van der Waals surface area contributed by atoms with Crippen molar-refractivity contribution in [2.75, 3.05) is 19.6 Å². The average molecular weight is 447 g/mol. The smallest absolute Gasteiger partial charge is 0.251 e. The molecule has 1 atom stereocenters. The molecule has 1 aromatic carbocycles. The predicted octanol–water partition coefficient (Wildman–Crippen LogP) is 1.54. The second-order valence-corrected chi connectivity index (χ2v) is 7.88. The maximum atomic E-state index is 12.5. The molecule has 3 N–H and O–H groups in total. The van der Waals surface area contributed by atoms with Gasteiger partial charge >= 0.3 is 0 Å². The Kier molecular flexibility index (Phi) is 9.84. The van der Waals surface area contributed by atoms with Crippen LogP contribution >= 0.6 is 24.8 Å². The van der Waals surface area contributed by atoms with Crippen molar-refractivity contribution in [2.45, 2.75) is 23.8 Å². The Labute approximate surface area is 177 Å². The van der Waals surface area contributed by atoms with Crippen molar-refractivity contribution in [1.82, 2.24) is 20.3 Å². The van der Waals surface area contributed by atoms with Crippen molar-refractivity contribution < 1.29 is 13.2 Å². The number of amides is 1. The summed E-state index contributed by atoms with van der Waals surface area (Å²) in [6.07, 6.45) is 3.08. The number of carbonyl (C=O) groups excluding carboxylic acids is 1. The highest BCUT2D eigenvalue weighted by Crippen LogP contribution is 2.13. The molecule has 10 heteroatoms. The van der Waals surface area contributed by atoms with Gasteiger partial charge in [-0.2, -0.15) is 0 Å². The van der Waals surface area contributed by atoms with Crippen LogP contribution in [0.5, 0.6) is 0 Å². The van der Waals surface area contributed by atoms with Gasteiger partial charge in [-0.25, -0.2) is 13.1 Å². The van der Waals surface area contributed by atoms with E-state index in [1.807, 2.05) is 18.2 Å². The molecule has 0 saturated carbocycles. The van der Waals surface area contributed by atoms with Crippen LogP contribution < -0.4 is 15.4 Å². The van der Waals surface area contributed by atoms with Gasteiger partial charge in [-0.3, -0.25) is 9.78 Å². The molecular weight excluding hydrogens is 423 g/mol. The van der Waals surface area contributed by atoms with E-state index in [-0.39, 0.29) is 41.7 Å². The minimum absolute atomic E-state index is 0. The molecule has 0 unspecified atom stereocenters. The van der Waals surface area contributed by atoms with Gasteiger partial charge in [-0.15, -0.1) is 24.8 Å². The number of benzene rings is 1.